The van der Waals surface area contributed by atoms with Crippen LogP contribution in [0.2, 0.25) is 0 Å². The van der Waals surface area contributed by atoms with Crippen molar-refractivity contribution in [3.05, 3.63) is 53.6 Å². The molecule has 1 atom stereocenters. The van der Waals surface area contributed by atoms with Gasteiger partial charge in [-0.2, -0.15) is 0 Å². The lowest BCUT2D eigenvalue weighted by atomic mass is 10.1. The second kappa shape index (κ2) is 4.67. The minimum atomic E-state index is -0.467. The van der Waals surface area contributed by atoms with Gasteiger partial charge < -0.3 is 4.74 Å². The van der Waals surface area contributed by atoms with Crippen LogP contribution < -0.4 is 9.64 Å². The third-order valence-corrected chi connectivity index (χ3v) is 3.57. The number of rotatable bonds is 1. The lowest BCUT2D eigenvalue weighted by Gasteiger charge is -2.33. The molecule has 2 aromatic carbocycles. The Labute approximate surface area is 118 Å². The second-order valence-electron chi connectivity index (χ2n) is 5.19. The monoisotopic (exact) mass is 267 g/mol. The zero-order chi connectivity index (χ0) is 14.3. The van der Waals surface area contributed by atoms with Crippen molar-refractivity contribution < 1.29 is 9.53 Å². The van der Waals surface area contributed by atoms with E-state index in [1.54, 1.807) is 11.8 Å². The van der Waals surface area contributed by atoms with Gasteiger partial charge in [-0.15, -0.1) is 0 Å². The summed E-state index contributed by atoms with van der Waals surface area (Å²) in [6.45, 7) is 5.86. The fourth-order valence-corrected chi connectivity index (χ4v) is 2.59. The number of hydrogen-bond donors (Lipinski definition) is 0. The largest absolute Gasteiger partial charge is 0.479 e. The van der Waals surface area contributed by atoms with Crippen LogP contribution in [-0.2, 0) is 4.79 Å². The summed E-state index contributed by atoms with van der Waals surface area (Å²) >= 11 is 0. The van der Waals surface area contributed by atoms with Crippen LogP contribution in [0, 0.1) is 13.8 Å². The maximum atomic E-state index is 12.5. The molecule has 102 valence electrons. The van der Waals surface area contributed by atoms with Gasteiger partial charge in [0.05, 0.1) is 11.4 Å². The van der Waals surface area contributed by atoms with Crippen LogP contribution in [0.25, 0.3) is 0 Å². The molecule has 1 aliphatic rings. The summed E-state index contributed by atoms with van der Waals surface area (Å²) in [5, 5.41) is 0. The summed E-state index contributed by atoms with van der Waals surface area (Å²) in [7, 11) is 0. The molecule has 1 unspecified atom stereocenters. The first kappa shape index (κ1) is 12.7. The standard InChI is InChI=1S/C17H17NO2/c1-11-8-9-14(12(2)10-11)18-15-6-4-5-7-16(15)20-13(3)17(18)19/h4-10,13H,1-3H3. The number of amides is 1. The third-order valence-electron chi connectivity index (χ3n) is 3.57. The quantitative estimate of drug-likeness (QED) is 0.787. The Hall–Kier alpha value is -2.29. The van der Waals surface area contributed by atoms with Crippen LogP contribution in [0.5, 0.6) is 5.75 Å². The number of para-hydroxylation sites is 2. The lowest BCUT2D eigenvalue weighted by molar-refractivity contribution is -0.124. The molecule has 0 N–H and O–H groups in total. The molecule has 3 heteroatoms. The molecule has 0 radical (unpaired) electrons. The topological polar surface area (TPSA) is 29.5 Å². The molecule has 3 nitrogen and oxygen atoms in total. The summed E-state index contributed by atoms with van der Waals surface area (Å²) in [5.41, 5.74) is 4.00. The molecule has 0 bridgehead atoms. The predicted molar refractivity (Wildman–Crippen MR) is 79.6 cm³/mol. The number of nitrogens with zero attached hydrogens (tertiary/aromatic N) is 1. The van der Waals surface area contributed by atoms with Crippen LogP contribution in [0.4, 0.5) is 11.4 Å². The maximum absolute atomic E-state index is 12.5. The van der Waals surface area contributed by atoms with E-state index in [0.29, 0.717) is 0 Å². The number of carbonyl (C=O) groups excluding carboxylic acids is 1. The SMILES string of the molecule is Cc1ccc(N2C(=O)C(C)Oc3ccccc32)c(C)c1. The van der Waals surface area contributed by atoms with Crippen molar-refractivity contribution >= 4 is 17.3 Å². The van der Waals surface area contributed by atoms with E-state index in [1.165, 1.54) is 5.56 Å². The van der Waals surface area contributed by atoms with E-state index in [-0.39, 0.29) is 5.91 Å². The Morgan fingerprint density at radius 3 is 2.55 bits per heavy atom. The van der Waals surface area contributed by atoms with E-state index >= 15 is 0 Å². The highest BCUT2D eigenvalue weighted by molar-refractivity contribution is 6.06. The molecule has 0 saturated heterocycles. The van der Waals surface area contributed by atoms with Gasteiger partial charge in [0.1, 0.15) is 5.75 Å². The van der Waals surface area contributed by atoms with Gasteiger partial charge in [0.15, 0.2) is 6.10 Å². The van der Waals surface area contributed by atoms with E-state index < -0.39 is 6.10 Å². The molecular formula is C17H17NO2. The number of aryl methyl sites for hydroxylation is 2. The number of benzene rings is 2. The Morgan fingerprint density at radius 2 is 1.80 bits per heavy atom. The number of anilines is 2. The van der Waals surface area contributed by atoms with Crippen molar-refractivity contribution in [1.29, 1.82) is 0 Å². The fourth-order valence-electron chi connectivity index (χ4n) is 2.59. The van der Waals surface area contributed by atoms with Crippen LogP contribution in [0.15, 0.2) is 42.5 Å². The number of carbonyl (C=O) groups is 1. The zero-order valence-corrected chi connectivity index (χ0v) is 11.9. The molecule has 3 rings (SSSR count). The van der Waals surface area contributed by atoms with Gasteiger partial charge >= 0.3 is 0 Å². The average molecular weight is 267 g/mol. The molecule has 20 heavy (non-hydrogen) atoms. The molecule has 2 aromatic rings. The van der Waals surface area contributed by atoms with Crippen molar-refractivity contribution in [3.63, 3.8) is 0 Å². The Balaban J connectivity index is 2.18. The molecular weight excluding hydrogens is 250 g/mol. The van der Waals surface area contributed by atoms with Gasteiger partial charge in [0.2, 0.25) is 0 Å². The van der Waals surface area contributed by atoms with Crippen LogP contribution in [0.1, 0.15) is 18.1 Å². The molecule has 1 aliphatic heterocycles. The summed E-state index contributed by atoms with van der Waals surface area (Å²) in [6, 6.07) is 13.8. The summed E-state index contributed by atoms with van der Waals surface area (Å²) in [6.07, 6.45) is -0.467. The van der Waals surface area contributed by atoms with Crippen LogP contribution in [0.3, 0.4) is 0 Å². The van der Waals surface area contributed by atoms with Gasteiger partial charge in [-0.25, -0.2) is 0 Å². The van der Waals surface area contributed by atoms with E-state index in [1.807, 2.05) is 43.3 Å². The van der Waals surface area contributed by atoms with Gasteiger partial charge in [-0.1, -0.05) is 29.8 Å². The highest BCUT2D eigenvalue weighted by Crippen LogP contribution is 2.39. The van der Waals surface area contributed by atoms with Crippen molar-refractivity contribution in [2.45, 2.75) is 26.9 Å². The first-order valence-electron chi connectivity index (χ1n) is 6.75. The number of ether oxygens (including phenoxy) is 1. The third kappa shape index (κ3) is 1.95. The van der Waals surface area contributed by atoms with Gasteiger partial charge in [0.25, 0.3) is 5.91 Å². The predicted octanol–water partition coefficient (Wildman–Crippen LogP) is 3.75. The Bertz CT molecular complexity index is 678. The molecule has 0 aliphatic carbocycles. The molecule has 0 spiro atoms. The van der Waals surface area contributed by atoms with E-state index in [4.69, 9.17) is 4.74 Å². The summed E-state index contributed by atoms with van der Waals surface area (Å²) in [5.74, 6) is 0.718. The summed E-state index contributed by atoms with van der Waals surface area (Å²) in [4.78, 5) is 14.3. The first-order valence-corrected chi connectivity index (χ1v) is 6.75. The summed E-state index contributed by atoms with van der Waals surface area (Å²) < 4.78 is 5.67. The maximum Gasteiger partial charge on any atom is 0.272 e. The molecule has 0 aromatic heterocycles. The smallest absolute Gasteiger partial charge is 0.272 e. The minimum absolute atomic E-state index is 0.0318. The van der Waals surface area contributed by atoms with E-state index in [9.17, 15) is 4.79 Å². The van der Waals surface area contributed by atoms with E-state index in [2.05, 4.69) is 13.0 Å². The Morgan fingerprint density at radius 1 is 1.05 bits per heavy atom. The van der Waals surface area contributed by atoms with Crippen LogP contribution in [-0.4, -0.2) is 12.0 Å². The molecule has 0 fully saturated rings. The molecule has 1 heterocycles. The molecule has 1 amide bonds. The van der Waals surface area contributed by atoms with Crippen molar-refractivity contribution in [3.8, 4) is 5.75 Å². The average Bonchev–Trinajstić information content (AvgIpc) is 2.42. The first-order chi connectivity index (χ1) is 9.58. The van der Waals surface area contributed by atoms with Crippen molar-refractivity contribution in [2.24, 2.45) is 0 Å². The number of hydrogen-bond acceptors (Lipinski definition) is 2. The zero-order valence-electron chi connectivity index (χ0n) is 11.9. The minimum Gasteiger partial charge on any atom is -0.479 e. The fraction of sp³-hybridized carbons (Fsp3) is 0.235. The highest BCUT2D eigenvalue weighted by atomic mass is 16.5. The number of fused-ring (bicyclic) bond motifs is 1. The second-order valence-corrected chi connectivity index (χ2v) is 5.19. The lowest BCUT2D eigenvalue weighted by Crippen LogP contribution is -2.41. The van der Waals surface area contributed by atoms with E-state index in [0.717, 1.165) is 22.7 Å². The van der Waals surface area contributed by atoms with Crippen molar-refractivity contribution in [2.75, 3.05) is 4.90 Å². The van der Waals surface area contributed by atoms with Gasteiger partial charge in [-0.3, -0.25) is 9.69 Å². The van der Waals surface area contributed by atoms with Crippen LogP contribution >= 0.6 is 0 Å². The Kier molecular flexibility index (Phi) is 2.97. The van der Waals surface area contributed by atoms with Crippen molar-refractivity contribution in [1.82, 2.24) is 0 Å². The van der Waals surface area contributed by atoms with Gasteiger partial charge in [0, 0.05) is 0 Å². The molecule has 0 saturated carbocycles. The highest BCUT2D eigenvalue weighted by Gasteiger charge is 2.32. The normalized spacial score (nSPS) is 17.6. The van der Waals surface area contributed by atoms with Gasteiger partial charge in [-0.05, 0) is 44.5 Å².